The summed E-state index contributed by atoms with van der Waals surface area (Å²) in [4.78, 5) is 15.0. The molecule has 0 fully saturated rings. The minimum absolute atomic E-state index is 0.0984. The number of carbonyl (C=O) groups is 1. The normalized spacial score (nSPS) is 11.1. The molecule has 0 aliphatic carbocycles. The van der Waals surface area contributed by atoms with Crippen LogP contribution in [0.25, 0.3) is 0 Å². The maximum Gasteiger partial charge on any atom is 0.157 e. The van der Waals surface area contributed by atoms with Crippen molar-refractivity contribution in [3.8, 4) is 0 Å². The van der Waals surface area contributed by atoms with Crippen molar-refractivity contribution >= 4 is 13.0 Å². The van der Waals surface area contributed by atoms with Crippen LogP contribution in [-0.2, 0) is 21.0 Å². The topological polar surface area (TPSA) is 47.9 Å². The molecule has 0 unspecified atom stereocenters. The first kappa shape index (κ1) is 14.1. The molecule has 0 radical (unpaired) electrons. The number of hydrogen-bond acceptors (Lipinski definition) is 4. The number of carbonyl (C=O) groups excluding carboxylic acids is 1. The molecule has 0 heterocycles. The van der Waals surface area contributed by atoms with Gasteiger partial charge in [0.25, 0.3) is 0 Å². The van der Waals surface area contributed by atoms with Crippen molar-refractivity contribution in [2.45, 2.75) is 13.0 Å². The minimum Gasteiger partial charge on any atom is -0.369 e. The van der Waals surface area contributed by atoms with E-state index in [0.29, 0.717) is 11.3 Å². The lowest BCUT2D eigenvalue weighted by Crippen LogP contribution is -2.02. The Kier molecular flexibility index (Phi) is 6.35. The van der Waals surface area contributed by atoms with Gasteiger partial charge in [-0.2, -0.15) is 0 Å². The van der Waals surface area contributed by atoms with E-state index in [1.54, 1.807) is 18.2 Å². The van der Waals surface area contributed by atoms with Gasteiger partial charge in [0, 0.05) is 18.7 Å². The molecule has 0 saturated heterocycles. The van der Waals surface area contributed by atoms with E-state index in [1.807, 2.05) is 0 Å². The van der Waals surface area contributed by atoms with Crippen molar-refractivity contribution in [2.75, 3.05) is 6.61 Å². The minimum atomic E-state index is -0.321. The standard InChI is InChI=1S/C13H14FNO3/c1-15-18-12(6-4-8-16)10-17-9-11-5-2-3-7-13(11)14/h2-3,5-8H,1,4,9-10H2/b12-6-. The number of aldehydes is 1. The van der Waals surface area contributed by atoms with Crippen LogP contribution in [0.15, 0.2) is 41.3 Å². The summed E-state index contributed by atoms with van der Waals surface area (Å²) in [6.45, 7) is 3.39. The molecule has 0 aliphatic heterocycles. The Bertz CT molecular complexity index is 432. The SMILES string of the molecule is C=NO/C(=C\CC=O)COCc1ccccc1F. The molecule has 0 amide bonds. The van der Waals surface area contributed by atoms with Crippen molar-refractivity contribution in [3.63, 3.8) is 0 Å². The fourth-order valence-corrected chi connectivity index (χ4v) is 1.26. The third kappa shape index (κ3) is 4.88. The van der Waals surface area contributed by atoms with Crippen LogP contribution < -0.4 is 0 Å². The van der Waals surface area contributed by atoms with Crippen LogP contribution in [0.5, 0.6) is 0 Å². The van der Waals surface area contributed by atoms with Gasteiger partial charge in [-0.3, -0.25) is 0 Å². The maximum absolute atomic E-state index is 13.3. The van der Waals surface area contributed by atoms with E-state index in [-0.39, 0.29) is 25.5 Å². The molecule has 0 N–H and O–H groups in total. The monoisotopic (exact) mass is 251 g/mol. The molecule has 0 saturated carbocycles. The van der Waals surface area contributed by atoms with Gasteiger partial charge in [0.1, 0.15) is 18.7 Å². The van der Waals surface area contributed by atoms with E-state index in [0.717, 1.165) is 6.29 Å². The summed E-state index contributed by atoms with van der Waals surface area (Å²) in [6.07, 6.45) is 2.46. The lowest BCUT2D eigenvalue weighted by molar-refractivity contribution is -0.107. The second kappa shape index (κ2) is 8.14. The number of hydrogen-bond donors (Lipinski definition) is 0. The molecule has 0 spiro atoms. The highest BCUT2D eigenvalue weighted by atomic mass is 19.1. The molecule has 1 rings (SSSR count). The van der Waals surface area contributed by atoms with Gasteiger partial charge in [-0.25, -0.2) is 4.39 Å². The average molecular weight is 251 g/mol. The average Bonchev–Trinajstić information content (AvgIpc) is 2.38. The van der Waals surface area contributed by atoms with Gasteiger partial charge >= 0.3 is 0 Å². The summed E-state index contributed by atoms with van der Waals surface area (Å²) >= 11 is 0. The smallest absolute Gasteiger partial charge is 0.157 e. The summed E-state index contributed by atoms with van der Waals surface area (Å²) < 4.78 is 18.5. The van der Waals surface area contributed by atoms with E-state index in [9.17, 15) is 9.18 Å². The molecule has 0 bridgehead atoms. The van der Waals surface area contributed by atoms with Crippen molar-refractivity contribution < 1.29 is 18.8 Å². The fourth-order valence-electron chi connectivity index (χ4n) is 1.26. The summed E-state index contributed by atoms with van der Waals surface area (Å²) in [5, 5.41) is 3.24. The van der Waals surface area contributed by atoms with Crippen LogP contribution in [0.2, 0.25) is 0 Å². The van der Waals surface area contributed by atoms with Crippen LogP contribution in [0.4, 0.5) is 4.39 Å². The van der Waals surface area contributed by atoms with Gasteiger partial charge in [-0.1, -0.05) is 23.4 Å². The molecule has 0 aliphatic rings. The number of allylic oxidation sites excluding steroid dienone is 1. The Morgan fingerprint density at radius 3 is 2.89 bits per heavy atom. The van der Waals surface area contributed by atoms with Gasteiger partial charge < -0.3 is 14.4 Å². The molecule has 0 atom stereocenters. The van der Waals surface area contributed by atoms with E-state index in [1.165, 1.54) is 12.1 Å². The lowest BCUT2D eigenvalue weighted by atomic mass is 10.2. The lowest BCUT2D eigenvalue weighted by Gasteiger charge is -2.06. The van der Waals surface area contributed by atoms with E-state index in [4.69, 9.17) is 9.57 Å². The molecular weight excluding hydrogens is 237 g/mol. The van der Waals surface area contributed by atoms with Crippen molar-refractivity contribution in [1.82, 2.24) is 0 Å². The zero-order valence-corrected chi connectivity index (χ0v) is 9.84. The van der Waals surface area contributed by atoms with E-state index < -0.39 is 0 Å². The van der Waals surface area contributed by atoms with Crippen molar-refractivity contribution in [2.24, 2.45) is 5.16 Å². The highest BCUT2D eigenvalue weighted by Crippen LogP contribution is 2.09. The number of ether oxygens (including phenoxy) is 1. The van der Waals surface area contributed by atoms with Gasteiger partial charge in [-0.15, -0.1) is 0 Å². The molecule has 18 heavy (non-hydrogen) atoms. The predicted octanol–water partition coefficient (Wildman–Crippen LogP) is 2.45. The molecule has 0 aromatic heterocycles. The summed E-state index contributed by atoms with van der Waals surface area (Å²) in [6, 6.07) is 6.34. The molecule has 5 heteroatoms. The summed E-state index contributed by atoms with van der Waals surface area (Å²) in [5.74, 6) is 0.0483. The molecule has 96 valence electrons. The van der Waals surface area contributed by atoms with Gasteiger partial charge in [0.05, 0.1) is 6.61 Å². The summed E-state index contributed by atoms with van der Waals surface area (Å²) in [7, 11) is 0. The number of rotatable bonds is 8. The van der Waals surface area contributed by atoms with Crippen molar-refractivity contribution in [3.05, 3.63) is 47.5 Å². The van der Waals surface area contributed by atoms with Crippen LogP contribution >= 0.6 is 0 Å². The second-order valence-electron chi connectivity index (χ2n) is 3.38. The van der Waals surface area contributed by atoms with Crippen LogP contribution in [-0.4, -0.2) is 19.6 Å². The Morgan fingerprint density at radius 2 is 2.22 bits per heavy atom. The first-order valence-corrected chi connectivity index (χ1v) is 5.34. The Hall–Kier alpha value is -2.01. The Labute approximate surface area is 105 Å². The third-order valence-corrected chi connectivity index (χ3v) is 2.08. The third-order valence-electron chi connectivity index (χ3n) is 2.08. The number of nitrogens with zero attached hydrogens (tertiary/aromatic N) is 1. The molecule has 4 nitrogen and oxygen atoms in total. The number of halogens is 1. The highest BCUT2D eigenvalue weighted by Gasteiger charge is 2.03. The number of oxime groups is 1. The predicted molar refractivity (Wildman–Crippen MR) is 65.5 cm³/mol. The highest BCUT2D eigenvalue weighted by molar-refractivity contribution is 5.52. The van der Waals surface area contributed by atoms with Gasteiger partial charge in [-0.05, 0) is 12.1 Å². The largest absolute Gasteiger partial charge is 0.369 e. The molecule has 1 aromatic rings. The van der Waals surface area contributed by atoms with E-state index >= 15 is 0 Å². The zero-order chi connectivity index (χ0) is 13.2. The Balaban J connectivity index is 2.46. The summed E-state index contributed by atoms with van der Waals surface area (Å²) in [5.41, 5.74) is 0.457. The van der Waals surface area contributed by atoms with Crippen LogP contribution in [0, 0.1) is 5.82 Å². The first-order chi connectivity index (χ1) is 8.77. The first-order valence-electron chi connectivity index (χ1n) is 5.34. The quantitative estimate of drug-likeness (QED) is 0.308. The van der Waals surface area contributed by atoms with Gasteiger partial charge in [0.15, 0.2) is 5.76 Å². The second-order valence-corrected chi connectivity index (χ2v) is 3.38. The van der Waals surface area contributed by atoms with Crippen LogP contribution in [0.1, 0.15) is 12.0 Å². The van der Waals surface area contributed by atoms with Gasteiger partial charge in [0.2, 0.25) is 0 Å². The molecule has 1 aromatic carbocycles. The van der Waals surface area contributed by atoms with Crippen molar-refractivity contribution in [1.29, 1.82) is 0 Å². The molecular formula is C13H14FNO3. The Morgan fingerprint density at radius 1 is 1.44 bits per heavy atom. The zero-order valence-electron chi connectivity index (χ0n) is 9.84. The maximum atomic E-state index is 13.3. The van der Waals surface area contributed by atoms with E-state index in [2.05, 4.69) is 11.9 Å². The number of benzene rings is 1. The van der Waals surface area contributed by atoms with Crippen LogP contribution in [0.3, 0.4) is 0 Å². The fraction of sp³-hybridized carbons (Fsp3) is 0.231.